The number of hydrogen-bond donors (Lipinski definition) is 3. The second-order valence-corrected chi connectivity index (χ2v) is 9.32. The first-order valence-corrected chi connectivity index (χ1v) is 12.6. The third kappa shape index (κ3) is 5.43. The number of aromatic nitrogens is 4. The van der Waals surface area contributed by atoms with Crippen molar-refractivity contribution in [3.05, 3.63) is 65.5 Å². The van der Waals surface area contributed by atoms with Crippen LogP contribution in [0.5, 0.6) is 11.6 Å². The lowest BCUT2D eigenvalue weighted by molar-refractivity contribution is 0.0799. The number of ether oxygens (including phenoxy) is 1. The van der Waals surface area contributed by atoms with Crippen LogP contribution in [0, 0.1) is 12.7 Å². The molecule has 5 rings (SSSR count). The van der Waals surface area contributed by atoms with E-state index in [-0.39, 0.29) is 28.9 Å². The predicted molar refractivity (Wildman–Crippen MR) is 143 cm³/mol. The lowest BCUT2D eigenvalue weighted by atomic mass is 10.2. The van der Waals surface area contributed by atoms with Gasteiger partial charge in [-0.2, -0.15) is 0 Å². The SMILES string of the molecule is CCN(C)C(=O)c1c(Nc2ccc(CN3CCNCC3)cn2)ncnc1Oc1ccc2[nH]c(C)cc2c1F. The first-order valence-electron chi connectivity index (χ1n) is 12.6. The minimum atomic E-state index is -0.538. The molecule has 0 spiro atoms. The number of amides is 1. The van der Waals surface area contributed by atoms with Crippen molar-refractivity contribution in [3.8, 4) is 11.6 Å². The summed E-state index contributed by atoms with van der Waals surface area (Å²) in [6.07, 6.45) is 3.09. The number of hydrogen-bond acceptors (Lipinski definition) is 8. The summed E-state index contributed by atoms with van der Waals surface area (Å²) in [5.41, 5.74) is 2.67. The third-order valence-corrected chi connectivity index (χ3v) is 6.58. The Balaban J connectivity index is 1.43. The van der Waals surface area contributed by atoms with E-state index in [0.717, 1.165) is 44.0 Å². The Labute approximate surface area is 220 Å². The molecule has 4 aromatic rings. The number of rotatable bonds is 8. The maximum absolute atomic E-state index is 15.3. The van der Waals surface area contributed by atoms with E-state index in [9.17, 15) is 4.79 Å². The molecule has 38 heavy (non-hydrogen) atoms. The predicted octanol–water partition coefficient (Wildman–Crippen LogP) is 3.83. The Morgan fingerprint density at radius 2 is 2.00 bits per heavy atom. The van der Waals surface area contributed by atoms with Crippen LogP contribution in [0.4, 0.5) is 16.0 Å². The molecule has 1 saturated heterocycles. The second-order valence-electron chi connectivity index (χ2n) is 9.32. The Morgan fingerprint density at radius 1 is 1.18 bits per heavy atom. The normalized spacial score (nSPS) is 14.0. The van der Waals surface area contributed by atoms with E-state index in [2.05, 4.69) is 35.5 Å². The van der Waals surface area contributed by atoms with Gasteiger partial charge in [-0.15, -0.1) is 0 Å². The van der Waals surface area contributed by atoms with Gasteiger partial charge in [0.05, 0.1) is 0 Å². The standard InChI is InChI=1S/C27H31FN8O2/c1-4-35(3)27(37)23-25(34-22-8-5-18(14-30-22)15-36-11-9-29-10-12-36)31-16-32-26(23)38-21-7-6-20-19(24(21)28)13-17(2)33-20/h5-8,13-14,16,29,33H,4,9-12,15H2,1-3H3,(H,30,31,32,34). The second kappa shape index (κ2) is 11.1. The summed E-state index contributed by atoms with van der Waals surface area (Å²) in [4.78, 5) is 33.4. The molecule has 0 unspecified atom stereocenters. The molecule has 0 bridgehead atoms. The minimum Gasteiger partial charge on any atom is -0.435 e. The van der Waals surface area contributed by atoms with Gasteiger partial charge in [-0.1, -0.05) is 6.07 Å². The van der Waals surface area contributed by atoms with Crippen molar-refractivity contribution < 1.29 is 13.9 Å². The molecule has 1 aromatic carbocycles. The van der Waals surface area contributed by atoms with E-state index in [1.54, 1.807) is 19.2 Å². The number of anilines is 2. The number of nitrogens with zero attached hydrogens (tertiary/aromatic N) is 5. The topological polar surface area (TPSA) is 111 Å². The molecule has 3 N–H and O–H groups in total. The molecule has 1 aliphatic rings. The molecule has 1 amide bonds. The van der Waals surface area contributed by atoms with Gasteiger partial charge >= 0.3 is 0 Å². The molecular weight excluding hydrogens is 487 g/mol. The van der Waals surface area contributed by atoms with Gasteiger partial charge in [0.15, 0.2) is 17.4 Å². The van der Waals surface area contributed by atoms with Crippen LogP contribution in [-0.2, 0) is 6.54 Å². The molecule has 0 atom stereocenters. The lowest BCUT2D eigenvalue weighted by Gasteiger charge is -2.27. The quantitative estimate of drug-likeness (QED) is 0.323. The van der Waals surface area contributed by atoms with Crippen molar-refractivity contribution in [1.82, 2.24) is 35.1 Å². The number of aromatic amines is 1. The van der Waals surface area contributed by atoms with Crippen LogP contribution in [-0.4, -0.2) is 75.4 Å². The molecule has 4 heterocycles. The largest absolute Gasteiger partial charge is 0.435 e. The number of H-pyrrole nitrogens is 1. The van der Waals surface area contributed by atoms with E-state index >= 15 is 4.39 Å². The highest BCUT2D eigenvalue weighted by molar-refractivity contribution is 6.01. The Kier molecular flexibility index (Phi) is 7.47. The van der Waals surface area contributed by atoms with Crippen LogP contribution >= 0.6 is 0 Å². The summed E-state index contributed by atoms with van der Waals surface area (Å²) in [5.74, 6) is -0.244. The average molecular weight is 519 g/mol. The molecule has 1 fully saturated rings. The summed E-state index contributed by atoms with van der Waals surface area (Å²) >= 11 is 0. The number of fused-ring (bicyclic) bond motifs is 1. The maximum atomic E-state index is 15.3. The van der Waals surface area contributed by atoms with E-state index in [4.69, 9.17) is 4.74 Å². The molecular formula is C27H31FN8O2. The number of carbonyl (C=O) groups excluding carboxylic acids is 1. The van der Waals surface area contributed by atoms with Gasteiger partial charge < -0.3 is 25.3 Å². The van der Waals surface area contributed by atoms with Crippen molar-refractivity contribution in [2.45, 2.75) is 20.4 Å². The van der Waals surface area contributed by atoms with Crippen LogP contribution < -0.4 is 15.4 Å². The van der Waals surface area contributed by atoms with Gasteiger partial charge in [0, 0.05) is 69.1 Å². The van der Waals surface area contributed by atoms with Crippen molar-refractivity contribution in [2.75, 3.05) is 45.1 Å². The molecule has 11 heteroatoms. The third-order valence-electron chi connectivity index (χ3n) is 6.58. The number of halogens is 1. The van der Waals surface area contributed by atoms with Gasteiger partial charge in [0.25, 0.3) is 5.91 Å². The Hall–Kier alpha value is -4.09. The van der Waals surface area contributed by atoms with Crippen LogP contribution in [0.3, 0.4) is 0 Å². The summed E-state index contributed by atoms with van der Waals surface area (Å²) in [6, 6.07) is 8.80. The zero-order valence-corrected chi connectivity index (χ0v) is 21.7. The van der Waals surface area contributed by atoms with Gasteiger partial charge in [-0.25, -0.2) is 19.3 Å². The van der Waals surface area contributed by atoms with Crippen molar-refractivity contribution in [1.29, 1.82) is 0 Å². The van der Waals surface area contributed by atoms with Gasteiger partial charge in [0.1, 0.15) is 17.7 Å². The van der Waals surface area contributed by atoms with Crippen molar-refractivity contribution in [3.63, 3.8) is 0 Å². The number of carbonyl (C=O) groups is 1. The van der Waals surface area contributed by atoms with Gasteiger partial charge in [0.2, 0.25) is 5.88 Å². The molecule has 0 radical (unpaired) electrons. The van der Waals surface area contributed by atoms with Crippen LogP contribution in [0.15, 0.2) is 42.9 Å². The molecule has 198 valence electrons. The van der Waals surface area contributed by atoms with E-state index in [1.165, 1.54) is 17.3 Å². The fourth-order valence-electron chi connectivity index (χ4n) is 4.38. The fourth-order valence-corrected chi connectivity index (χ4v) is 4.38. The van der Waals surface area contributed by atoms with E-state index in [1.807, 2.05) is 32.2 Å². The monoisotopic (exact) mass is 518 g/mol. The van der Waals surface area contributed by atoms with Crippen molar-refractivity contribution in [2.24, 2.45) is 0 Å². The highest BCUT2D eigenvalue weighted by Gasteiger charge is 2.25. The number of piperazine rings is 1. The zero-order valence-electron chi connectivity index (χ0n) is 21.7. The summed E-state index contributed by atoms with van der Waals surface area (Å²) in [7, 11) is 1.67. The van der Waals surface area contributed by atoms with Crippen LogP contribution in [0.2, 0.25) is 0 Å². The highest BCUT2D eigenvalue weighted by atomic mass is 19.1. The van der Waals surface area contributed by atoms with E-state index in [0.29, 0.717) is 23.3 Å². The number of aryl methyl sites for hydroxylation is 1. The van der Waals surface area contributed by atoms with Gasteiger partial charge in [-0.3, -0.25) is 9.69 Å². The number of nitrogens with one attached hydrogen (secondary N) is 3. The van der Waals surface area contributed by atoms with Crippen molar-refractivity contribution >= 4 is 28.4 Å². The number of pyridine rings is 1. The van der Waals surface area contributed by atoms with Crippen LogP contribution in [0.1, 0.15) is 28.5 Å². The molecule has 1 aliphatic heterocycles. The smallest absolute Gasteiger partial charge is 0.262 e. The van der Waals surface area contributed by atoms with Crippen LogP contribution in [0.25, 0.3) is 10.9 Å². The minimum absolute atomic E-state index is 0.0373. The zero-order chi connectivity index (χ0) is 26.6. The fraction of sp³-hybridized carbons (Fsp3) is 0.333. The molecule has 3 aromatic heterocycles. The first-order chi connectivity index (χ1) is 18.4. The summed E-state index contributed by atoms with van der Waals surface area (Å²) in [5, 5.41) is 6.88. The van der Waals surface area contributed by atoms with E-state index < -0.39 is 5.82 Å². The Morgan fingerprint density at radius 3 is 2.74 bits per heavy atom. The molecule has 0 saturated carbocycles. The summed E-state index contributed by atoms with van der Waals surface area (Å²) < 4.78 is 21.2. The first kappa shape index (κ1) is 25.6. The van der Waals surface area contributed by atoms with Gasteiger partial charge in [-0.05, 0) is 43.7 Å². The molecule has 10 nitrogen and oxygen atoms in total. The molecule has 0 aliphatic carbocycles. The average Bonchev–Trinajstić information content (AvgIpc) is 3.32. The number of benzene rings is 1. The Bertz CT molecular complexity index is 1430. The highest BCUT2D eigenvalue weighted by Crippen LogP contribution is 2.33. The maximum Gasteiger partial charge on any atom is 0.262 e. The lowest BCUT2D eigenvalue weighted by Crippen LogP contribution is -2.42. The summed E-state index contributed by atoms with van der Waals surface area (Å²) in [6.45, 7) is 8.94.